The summed E-state index contributed by atoms with van der Waals surface area (Å²) in [6, 6.07) is 21.5. The number of benzene rings is 2. The largest absolute Gasteiger partial charge is 0.360 e. The van der Waals surface area contributed by atoms with Gasteiger partial charge in [0.1, 0.15) is 11.5 Å². The van der Waals surface area contributed by atoms with Crippen LogP contribution in [0.15, 0.2) is 77.4 Å². The number of anilines is 1. The van der Waals surface area contributed by atoms with Crippen LogP contribution >= 0.6 is 0 Å². The van der Waals surface area contributed by atoms with Gasteiger partial charge < -0.3 is 14.7 Å². The molecule has 4 aromatic rings. The van der Waals surface area contributed by atoms with Crippen molar-refractivity contribution in [3.8, 4) is 11.3 Å². The van der Waals surface area contributed by atoms with E-state index in [1.54, 1.807) is 13.0 Å². The summed E-state index contributed by atoms with van der Waals surface area (Å²) >= 11 is 0. The van der Waals surface area contributed by atoms with Gasteiger partial charge in [-0.25, -0.2) is 0 Å². The van der Waals surface area contributed by atoms with Crippen molar-refractivity contribution in [2.45, 2.75) is 13.5 Å². The van der Waals surface area contributed by atoms with Crippen molar-refractivity contribution in [2.24, 2.45) is 0 Å². The first-order valence-electron chi connectivity index (χ1n) is 12.0. The van der Waals surface area contributed by atoms with E-state index in [-0.39, 0.29) is 18.4 Å². The van der Waals surface area contributed by atoms with Crippen LogP contribution in [-0.4, -0.2) is 69.3 Å². The predicted octanol–water partition coefficient (Wildman–Crippen LogP) is 3.29. The number of aromatic nitrogens is 3. The second-order valence-electron chi connectivity index (χ2n) is 8.88. The average Bonchev–Trinajstić information content (AvgIpc) is 3.51. The molecule has 184 valence electrons. The van der Waals surface area contributed by atoms with Gasteiger partial charge in [-0.1, -0.05) is 65.8 Å². The molecule has 1 aliphatic rings. The molecule has 0 bridgehead atoms. The van der Waals surface area contributed by atoms with Crippen molar-refractivity contribution in [1.82, 2.24) is 24.7 Å². The van der Waals surface area contributed by atoms with Gasteiger partial charge in [0.2, 0.25) is 5.91 Å². The molecule has 0 radical (unpaired) electrons. The first-order chi connectivity index (χ1) is 17.5. The second kappa shape index (κ2) is 10.6. The maximum absolute atomic E-state index is 13.6. The predicted molar refractivity (Wildman–Crippen MR) is 135 cm³/mol. The van der Waals surface area contributed by atoms with Crippen LogP contribution in [-0.2, 0) is 11.3 Å². The van der Waals surface area contributed by atoms with Crippen LogP contribution in [0, 0.1) is 6.92 Å². The van der Waals surface area contributed by atoms with Gasteiger partial charge in [-0.3, -0.25) is 19.2 Å². The topological polar surface area (TPSA) is 96.5 Å². The first kappa shape index (κ1) is 23.5. The molecule has 0 aliphatic carbocycles. The van der Waals surface area contributed by atoms with Crippen LogP contribution < -0.4 is 5.32 Å². The van der Waals surface area contributed by atoms with Crippen molar-refractivity contribution < 1.29 is 14.1 Å². The number of rotatable bonds is 7. The Balaban J connectivity index is 1.26. The van der Waals surface area contributed by atoms with Gasteiger partial charge in [0.25, 0.3) is 5.91 Å². The fourth-order valence-electron chi connectivity index (χ4n) is 4.33. The normalized spacial score (nSPS) is 14.1. The smallest absolute Gasteiger partial charge is 0.257 e. The number of carbonyl (C=O) groups excluding carboxylic acids is 2. The highest BCUT2D eigenvalue weighted by molar-refractivity contribution is 6.00. The van der Waals surface area contributed by atoms with Crippen molar-refractivity contribution in [3.05, 3.63) is 89.8 Å². The monoisotopic (exact) mass is 484 g/mol. The summed E-state index contributed by atoms with van der Waals surface area (Å²) in [5.41, 5.74) is 3.29. The number of amides is 2. The lowest BCUT2D eigenvalue weighted by atomic mass is 10.1. The zero-order valence-electron chi connectivity index (χ0n) is 20.1. The number of carbonyl (C=O) groups is 2. The molecule has 1 N–H and O–H groups in total. The maximum Gasteiger partial charge on any atom is 0.257 e. The molecule has 2 aromatic carbocycles. The summed E-state index contributed by atoms with van der Waals surface area (Å²) in [5.74, 6) is 0.846. The molecule has 36 heavy (non-hydrogen) atoms. The third-order valence-electron chi connectivity index (χ3n) is 6.15. The molecule has 9 heteroatoms. The number of nitrogens with zero attached hydrogens (tertiary/aromatic N) is 5. The highest BCUT2D eigenvalue weighted by Gasteiger charge is 2.27. The minimum Gasteiger partial charge on any atom is -0.360 e. The number of aryl methyl sites for hydroxylation is 1. The summed E-state index contributed by atoms with van der Waals surface area (Å²) in [4.78, 5) is 29.8. The van der Waals surface area contributed by atoms with Crippen molar-refractivity contribution in [1.29, 1.82) is 0 Å². The summed E-state index contributed by atoms with van der Waals surface area (Å²) in [6.07, 6.45) is 1.84. The zero-order valence-corrected chi connectivity index (χ0v) is 20.1. The van der Waals surface area contributed by atoms with E-state index < -0.39 is 0 Å². The Bertz CT molecular complexity index is 1320. The molecule has 0 atom stereocenters. The number of hydrogen-bond donors (Lipinski definition) is 1. The molecule has 1 fully saturated rings. The molecule has 3 heterocycles. The first-order valence-corrected chi connectivity index (χ1v) is 12.0. The molecule has 0 saturated carbocycles. The van der Waals surface area contributed by atoms with E-state index in [4.69, 9.17) is 9.62 Å². The Morgan fingerprint density at radius 1 is 0.972 bits per heavy atom. The van der Waals surface area contributed by atoms with E-state index >= 15 is 0 Å². The molecule has 0 unspecified atom stereocenters. The van der Waals surface area contributed by atoms with Gasteiger partial charge in [-0.2, -0.15) is 5.10 Å². The zero-order chi connectivity index (χ0) is 24.9. The van der Waals surface area contributed by atoms with E-state index in [2.05, 4.69) is 10.5 Å². The molecule has 1 saturated heterocycles. The summed E-state index contributed by atoms with van der Waals surface area (Å²) < 4.78 is 6.82. The van der Waals surface area contributed by atoms with Crippen LogP contribution in [0.2, 0.25) is 0 Å². The number of hydrogen-bond acceptors (Lipinski definition) is 6. The van der Waals surface area contributed by atoms with E-state index in [9.17, 15) is 9.59 Å². The van der Waals surface area contributed by atoms with Gasteiger partial charge in [-0.05, 0) is 12.5 Å². The van der Waals surface area contributed by atoms with E-state index in [1.165, 1.54) is 0 Å². The lowest BCUT2D eigenvalue weighted by Crippen LogP contribution is -2.50. The summed E-state index contributed by atoms with van der Waals surface area (Å²) in [6.45, 7) is 4.87. The Labute approximate surface area is 209 Å². The third-order valence-corrected chi connectivity index (χ3v) is 6.15. The Hall–Kier alpha value is -4.24. The summed E-state index contributed by atoms with van der Waals surface area (Å²) in [5, 5.41) is 11.3. The SMILES string of the molecule is Cc1cc(NC(=O)CN2CCN(C(=O)c3cn(Cc4ccccc4)nc3-c3ccccc3)CC2)no1. The lowest BCUT2D eigenvalue weighted by Gasteiger charge is -2.34. The number of nitrogens with one attached hydrogen (secondary N) is 1. The van der Waals surface area contributed by atoms with Crippen molar-refractivity contribution in [3.63, 3.8) is 0 Å². The van der Waals surface area contributed by atoms with Crippen molar-refractivity contribution >= 4 is 17.6 Å². The quantitative estimate of drug-likeness (QED) is 0.432. The third kappa shape index (κ3) is 5.52. The van der Waals surface area contributed by atoms with Crippen LogP contribution in [0.1, 0.15) is 21.7 Å². The van der Waals surface area contributed by atoms with Gasteiger partial charge in [0.05, 0.1) is 18.7 Å². The molecule has 5 rings (SSSR count). The molecule has 9 nitrogen and oxygen atoms in total. The van der Waals surface area contributed by atoms with Gasteiger partial charge in [0.15, 0.2) is 5.82 Å². The Kier molecular flexibility index (Phi) is 6.90. The molecule has 2 aromatic heterocycles. The Morgan fingerprint density at radius 2 is 1.67 bits per heavy atom. The highest BCUT2D eigenvalue weighted by atomic mass is 16.5. The fraction of sp³-hybridized carbons (Fsp3) is 0.259. The lowest BCUT2D eigenvalue weighted by molar-refractivity contribution is -0.117. The van der Waals surface area contributed by atoms with E-state index in [0.29, 0.717) is 55.6 Å². The van der Waals surface area contributed by atoms with Crippen LogP contribution in [0.25, 0.3) is 11.3 Å². The minimum absolute atomic E-state index is 0.0460. The molecule has 2 amide bonds. The molecule has 0 spiro atoms. The number of piperazine rings is 1. The van der Waals surface area contributed by atoms with E-state index in [1.807, 2.05) is 81.3 Å². The van der Waals surface area contributed by atoms with Crippen LogP contribution in [0.4, 0.5) is 5.82 Å². The standard InChI is InChI=1S/C27H28N6O3/c1-20-16-24(30-36-20)28-25(34)19-31-12-14-32(15-13-31)27(35)23-18-33(17-21-8-4-2-5-9-21)29-26(23)22-10-6-3-7-11-22/h2-11,16,18H,12-15,17,19H2,1H3,(H,28,30,34). The minimum atomic E-state index is -0.156. The van der Waals surface area contributed by atoms with E-state index in [0.717, 1.165) is 11.1 Å². The van der Waals surface area contributed by atoms with Gasteiger partial charge >= 0.3 is 0 Å². The van der Waals surface area contributed by atoms with Gasteiger partial charge in [-0.15, -0.1) is 0 Å². The van der Waals surface area contributed by atoms with Gasteiger partial charge in [0, 0.05) is 44.0 Å². The van der Waals surface area contributed by atoms with Crippen LogP contribution in [0.3, 0.4) is 0 Å². The van der Waals surface area contributed by atoms with Crippen molar-refractivity contribution in [2.75, 3.05) is 38.0 Å². The fourth-order valence-corrected chi connectivity index (χ4v) is 4.33. The molecular weight excluding hydrogens is 456 g/mol. The second-order valence-corrected chi connectivity index (χ2v) is 8.88. The molecule has 1 aliphatic heterocycles. The average molecular weight is 485 g/mol. The summed E-state index contributed by atoms with van der Waals surface area (Å²) in [7, 11) is 0. The highest BCUT2D eigenvalue weighted by Crippen LogP contribution is 2.24. The maximum atomic E-state index is 13.6. The Morgan fingerprint density at radius 3 is 2.33 bits per heavy atom. The van der Waals surface area contributed by atoms with Crippen LogP contribution in [0.5, 0.6) is 0 Å². The molecular formula is C27H28N6O3.